The Morgan fingerprint density at radius 1 is 1.12 bits per heavy atom. The second kappa shape index (κ2) is 9.11. The fourth-order valence-corrected chi connectivity index (χ4v) is 1.73. The highest BCUT2D eigenvalue weighted by atomic mass is 19.2. The third-order valence-electron chi connectivity index (χ3n) is 2.92. The van der Waals surface area contributed by atoms with Gasteiger partial charge in [-0.15, -0.1) is 0 Å². The summed E-state index contributed by atoms with van der Waals surface area (Å²) in [5, 5.41) is 4.49. The summed E-state index contributed by atoms with van der Waals surface area (Å²) in [6.07, 6.45) is 3.89. The van der Waals surface area contributed by atoms with Crippen LogP contribution in [0.25, 0.3) is 6.08 Å². The molecule has 9 heteroatoms. The Morgan fingerprint density at radius 2 is 1.92 bits per heavy atom. The van der Waals surface area contributed by atoms with E-state index in [9.17, 15) is 23.2 Å². The Labute approximate surface area is 146 Å². The maximum atomic E-state index is 13.0. The van der Waals surface area contributed by atoms with Crippen LogP contribution < -0.4 is 10.6 Å². The van der Waals surface area contributed by atoms with E-state index < -0.39 is 42.6 Å². The minimum atomic E-state index is -1.11. The van der Waals surface area contributed by atoms with Crippen LogP contribution >= 0.6 is 0 Å². The SMILES string of the molecule is O=C(COC(=O)/C=C/c1ccco1)NCC(=O)Nc1ccc(F)c(F)c1. The van der Waals surface area contributed by atoms with Gasteiger partial charge >= 0.3 is 5.97 Å². The molecule has 2 amide bonds. The lowest BCUT2D eigenvalue weighted by atomic mass is 10.3. The molecule has 136 valence electrons. The van der Waals surface area contributed by atoms with Crippen LogP contribution in [0, 0.1) is 11.6 Å². The van der Waals surface area contributed by atoms with Crippen LogP contribution in [0.5, 0.6) is 0 Å². The molecule has 1 aromatic carbocycles. The van der Waals surface area contributed by atoms with Gasteiger partial charge in [-0.25, -0.2) is 13.6 Å². The molecule has 0 radical (unpaired) electrons. The summed E-state index contributed by atoms with van der Waals surface area (Å²) < 4.78 is 35.4. The van der Waals surface area contributed by atoms with E-state index in [0.29, 0.717) is 5.76 Å². The highest BCUT2D eigenvalue weighted by molar-refractivity contribution is 5.95. The number of esters is 1. The summed E-state index contributed by atoms with van der Waals surface area (Å²) in [6.45, 7) is -1.02. The highest BCUT2D eigenvalue weighted by Crippen LogP contribution is 2.12. The number of carbonyl (C=O) groups excluding carboxylic acids is 3. The molecule has 0 aliphatic heterocycles. The van der Waals surface area contributed by atoms with Crippen molar-refractivity contribution in [1.82, 2.24) is 5.32 Å². The van der Waals surface area contributed by atoms with Crippen LogP contribution in [-0.4, -0.2) is 30.9 Å². The Bertz CT molecular complexity index is 819. The third kappa shape index (κ3) is 6.19. The number of carbonyl (C=O) groups is 3. The molecular weight excluding hydrogens is 350 g/mol. The minimum absolute atomic E-state index is 0.0395. The number of anilines is 1. The zero-order valence-corrected chi connectivity index (χ0v) is 13.3. The van der Waals surface area contributed by atoms with Crippen LogP contribution in [-0.2, 0) is 19.1 Å². The van der Waals surface area contributed by atoms with Crippen LogP contribution in [0.2, 0.25) is 0 Å². The molecule has 0 fully saturated rings. The Hall–Kier alpha value is -3.49. The maximum absolute atomic E-state index is 13.0. The van der Waals surface area contributed by atoms with E-state index in [4.69, 9.17) is 4.42 Å². The predicted octanol–water partition coefficient (Wildman–Crippen LogP) is 1.87. The van der Waals surface area contributed by atoms with Crippen molar-refractivity contribution >= 4 is 29.5 Å². The monoisotopic (exact) mass is 364 g/mol. The number of ether oxygens (including phenoxy) is 1. The van der Waals surface area contributed by atoms with Crippen LogP contribution in [0.3, 0.4) is 0 Å². The lowest BCUT2D eigenvalue weighted by molar-refractivity contribution is -0.143. The number of hydrogen-bond donors (Lipinski definition) is 2. The quantitative estimate of drug-likeness (QED) is 0.577. The number of furan rings is 1. The lowest BCUT2D eigenvalue weighted by Gasteiger charge is -2.07. The minimum Gasteiger partial charge on any atom is -0.465 e. The van der Waals surface area contributed by atoms with Crippen LogP contribution in [0.1, 0.15) is 5.76 Å². The smallest absolute Gasteiger partial charge is 0.331 e. The summed E-state index contributed by atoms with van der Waals surface area (Å²) in [7, 11) is 0. The summed E-state index contributed by atoms with van der Waals surface area (Å²) in [6, 6.07) is 6.11. The van der Waals surface area contributed by atoms with Crippen LogP contribution in [0.4, 0.5) is 14.5 Å². The zero-order valence-electron chi connectivity index (χ0n) is 13.3. The van der Waals surface area contributed by atoms with Crippen molar-refractivity contribution in [1.29, 1.82) is 0 Å². The van der Waals surface area contributed by atoms with E-state index in [1.165, 1.54) is 18.4 Å². The van der Waals surface area contributed by atoms with Gasteiger partial charge in [0.05, 0.1) is 12.8 Å². The number of amides is 2. The molecule has 0 unspecified atom stereocenters. The first kappa shape index (κ1) is 18.8. The molecule has 2 N–H and O–H groups in total. The summed E-state index contributed by atoms with van der Waals surface area (Å²) in [4.78, 5) is 34.5. The number of nitrogens with one attached hydrogen (secondary N) is 2. The Kier molecular flexibility index (Phi) is 6.60. The summed E-state index contributed by atoms with van der Waals surface area (Å²) >= 11 is 0. The van der Waals surface area contributed by atoms with Crippen molar-refractivity contribution in [2.45, 2.75) is 0 Å². The van der Waals surface area contributed by atoms with Gasteiger partial charge in [-0.2, -0.15) is 0 Å². The number of rotatable bonds is 7. The molecule has 0 bridgehead atoms. The molecule has 0 aliphatic rings. The normalized spacial score (nSPS) is 10.5. The maximum Gasteiger partial charge on any atom is 0.331 e. The van der Waals surface area contributed by atoms with Gasteiger partial charge in [0, 0.05) is 17.8 Å². The van der Waals surface area contributed by atoms with Crippen molar-refractivity contribution in [2.75, 3.05) is 18.5 Å². The van der Waals surface area contributed by atoms with Gasteiger partial charge in [-0.05, 0) is 30.3 Å². The molecule has 26 heavy (non-hydrogen) atoms. The van der Waals surface area contributed by atoms with Crippen LogP contribution in [0.15, 0.2) is 47.1 Å². The predicted molar refractivity (Wildman–Crippen MR) is 86.7 cm³/mol. The second-order valence-electron chi connectivity index (χ2n) is 4.91. The van der Waals surface area contributed by atoms with Gasteiger partial charge in [-0.3, -0.25) is 9.59 Å². The molecule has 0 aliphatic carbocycles. The van der Waals surface area contributed by atoms with Crippen molar-refractivity contribution in [3.05, 3.63) is 60.1 Å². The van der Waals surface area contributed by atoms with Crippen molar-refractivity contribution in [3.8, 4) is 0 Å². The number of halogens is 2. The van der Waals surface area contributed by atoms with Gasteiger partial charge < -0.3 is 19.8 Å². The first-order valence-electron chi connectivity index (χ1n) is 7.34. The third-order valence-corrected chi connectivity index (χ3v) is 2.92. The number of hydrogen-bond acceptors (Lipinski definition) is 5. The molecule has 2 aromatic rings. The fraction of sp³-hybridized carbons (Fsp3) is 0.118. The summed E-state index contributed by atoms with van der Waals surface area (Å²) in [5.41, 5.74) is 0.0395. The van der Waals surface area contributed by atoms with E-state index in [2.05, 4.69) is 15.4 Å². The van der Waals surface area contributed by atoms with E-state index in [1.54, 1.807) is 12.1 Å². The van der Waals surface area contributed by atoms with Gasteiger partial charge in [0.15, 0.2) is 18.2 Å². The van der Waals surface area contributed by atoms with Gasteiger partial charge in [0.25, 0.3) is 5.91 Å². The molecule has 1 aromatic heterocycles. The first-order chi connectivity index (χ1) is 12.4. The first-order valence-corrected chi connectivity index (χ1v) is 7.34. The molecule has 1 heterocycles. The topological polar surface area (TPSA) is 97.6 Å². The van der Waals surface area contributed by atoms with E-state index in [0.717, 1.165) is 18.2 Å². The number of benzene rings is 1. The van der Waals surface area contributed by atoms with Gasteiger partial charge in [0.2, 0.25) is 5.91 Å². The average Bonchev–Trinajstić information content (AvgIpc) is 3.13. The second-order valence-corrected chi connectivity index (χ2v) is 4.91. The lowest BCUT2D eigenvalue weighted by Crippen LogP contribution is -2.35. The molecule has 0 saturated carbocycles. The summed E-state index contributed by atoms with van der Waals surface area (Å²) in [5.74, 6) is -3.83. The Balaban J connectivity index is 1.68. The molecule has 0 atom stereocenters. The van der Waals surface area contributed by atoms with E-state index in [-0.39, 0.29) is 5.69 Å². The fourth-order valence-electron chi connectivity index (χ4n) is 1.73. The average molecular weight is 364 g/mol. The van der Waals surface area contributed by atoms with Crippen molar-refractivity contribution < 1.29 is 32.3 Å². The molecule has 2 rings (SSSR count). The Morgan fingerprint density at radius 3 is 2.62 bits per heavy atom. The van der Waals surface area contributed by atoms with E-state index >= 15 is 0 Å². The van der Waals surface area contributed by atoms with Crippen molar-refractivity contribution in [3.63, 3.8) is 0 Å². The van der Waals surface area contributed by atoms with Gasteiger partial charge in [-0.1, -0.05) is 0 Å². The standard InChI is InChI=1S/C17H14F2N2O5/c18-13-5-3-11(8-14(13)19)21-15(22)9-20-16(23)10-26-17(24)6-4-12-2-1-7-25-12/h1-8H,9-10H2,(H,20,23)(H,21,22)/b6-4+. The van der Waals surface area contributed by atoms with Crippen molar-refractivity contribution in [2.24, 2.45) is 0 Å². The molecular formula is C17H14F2N2O5. The van der Waals surface area contributed by atoms with Gasteiger partial charge in [0.1, 0.15) is 5.76 Å². The van der Waals surface area contributed by atoms with E-state index in [1.807, 2.05) is 0 Å². The highest BCUT2D eigenvalue weighted by Gasteiger charge is 2.09. The molecule has 0 saturated heterocycles. The largest absolute Gasteiger partial charge is 0.465 e. The molecule has 0 spiro atoms. The molecule has 7 nitrogen and oxygen atoms in total. The zero-order chi connectivity index (χ0) is 18.9.